The van der Waals surface area contributed by atoms with Gasteiger partial charge in [-0.1, -0.05) is 54.1 Å². The third-order valence-electron chi connectivity index (χ3n) is 5.38. The first kappa shape index (κ1) is 22.2. The second kappa shape index (κ2) is 9.71. The van der Waals surface area contributed by atoms with Crippen LogP contribution in [0.25, 0.3) is 16.9 Å². The Kier molecular flexibility index (Phi) is 6.34. The molecule has 166 valence electrons. The number of halogens is 1. The van der Waals surface area contributed by atoms with Gasteiger partial charge in [-0.2, -0.15) is 21.0 Å². The molecule has 2 aromatic carbocycles. The predicted molar refractivity (Wildman–Crippen MR) is 138 cm³/mol. The Morgan fingerprint density at radius 2 is 1.82 bits per heavy atom. The van der Waals surface area contributed by atoms with E-state index in [0.717, 1.165) is 22.5 Å². The normalized spacial score (nSPS) is 11.0. The number of benzene rings is 2. The Morgan fingerprint density at radius 3 is 2.56 bits per heavy atom. The van der Waals surface area contributed by atoms with Crippen molar-refractivity contribution in [3.63, 3.8) is 0 Å². The average Bonchev–Trinajstić information content (AvgIpc) is 3.53. The van der Waals surface area contributed by atoms with Gasteiger partial charge in [-0.05, 0) is 34.1 Å². The van der Waals surface area contributed by atoms with Crippen LogP contribution in [0.4, 0.5) is 5.82 Å². The SMILES string of the molecule is [B]c1cnn2c(NCc3ccc(CNC(=O)c4ccsc4)cc3)cc(-c3ccccc3Cl)nc12. The number of aromatic nitrogens is 3. The number of nitrogens with one attached hydrogen (secondary N) is 2. The van der Waals surface area contributed by atoms with Crippen LogP contribution in [-0.2, 0) is 13.1 Å². The lowest BCUT2D eigenvalue weighted by atomic mass is 10.0. The fourth-order valence-electron chi connectivity index (χ4n) is 3.56. The number of anilines is 1. The molecular formula is C25H19BClN5OS. The quantitative estimate of drug-likeness (QED) is 0.336. The molecule has 0 saturated carbocycles. The third kappa shape index (κ3) is 4.69. The van der Waals surface area contributed by atoms with Crippen molar-refractivity contribution < 1.29 is 4.79 Å². The molecule has 0 saturated heterocycles. The van der Waals surface area contributed by atoms with E-state index in [1.54, 1.807) is 10.7 Å². The number of rotatable bonds is 7. The molecule has 0 unspecified atom stereocenters. The Hall–Kier alpha value is -3.62. The lowest BCUT2D eigenvalue weighted by Gasteiger charge is -2.12. The fourth-order valence-corrected chi connectivity index (χ4v) is 4.43. The molecule has 9 heteroatoms. The molecule has 0 spiro atoms. The van der Waals surface area contributed by atoms with Crippen molar-refractivity contribution in [2.24, 2.45) is 0 Å². The standard InChI is InChI=1S/C25H19BClN5OS/c26-20-14-30-32-23(11-22(31-24(20)32)19-3-1-2-4-21(19)27)28-12-16-5-7-17(8-6-16)13-29-25(33)18-9-10-34-15-18/h1-11,14-15,28H,12-13H2,(H,29,33). The van der Waals surface area contributed by atoms with Gasteiger partial charge < -0.3 is 10.6 Å². The fraction of sp³-hybridized carbons (Fsp3) is 0.0800. The van der Waals surface area contributed by atoms with Gasteiger partial charge in [0.2, 0.25) is 0 Å². The molecule has 2 radical (unpaired) electrons. The van der Waals surface area contributed by atoms with Crippen molar-refractivity contribution >= 4 is 53.6 Å². The maximum Gasteiger partial charge on any atom is 0.252 e. The number of thiophene rings is 1. The Morgan fingerprint density at radius 1 is 1.06 bits per heavy atom. The van der Waals surface area contributed by atoms with Crippen LogP contribution >= 0.6 is 22.9 Å². The van der Waals surface area contributed by atoms with Crippen LogP contribution in [0.15, 0.2) is 77.6 Å². The van der Waals surface area contributed by atoms with Gasteiger partial charge in [-0.25, -0.2) is 4.98 Å². The summed E-state index contributed by atoms with van der Waals surface area (Å²) >= 11 is 7.90. The van der Waals surface area contributed by atoms with Crippen LogP contribution in [0.5, 0.6) is 0 Å². The molecule has 0 aliphatic heterocycles. The number of fused-ring (bicyclic) bond motifs is 1. The van der Waals surface area contributed by atoms with Gasteiger partial charge in [-0.15, -0.1) is 0 Å². The van der Waals surface area contributed by atoms with Crippen molar-refractivity contribution in [1.82, 2.24) is 19.9 Å². The number of carbonyl (C=O) groups is 1. The minimum absolute atomic E-state index is 0.0680. The smallest absolute Gasteiger partial charge is 0.252 e. The summed E-state index contributed by atoms with van der Waals surface area (Å²) in [5.74, 6) is 0.685. The van der Waals surface area contributed by atoms with Crippen molar-refractivity contribution in [1.29, 1.82) is 0 Å². The zero-order valence-corrected chi connectivity index (χ0v) is 19.6. The zero-order chi connectivity index (χ0) is 23.5. The Bertz CT molecular complexity index is 1450. The summed E-state index contributed by atoms with van der Waals surface area (Å²) in [6.45, 7) is 1.05. The van der Waals surface area contributed by atoms with Crippen LogP contribution in [-0.4, -0.2) is 28.4 Å². The maximum atomic E-state index is 12.1. The van der Waals surface area contributed by atoms with Crippen LogP contribution in [0, 0.1) is 0 Å². The molecule has 1 amide bonds. The van der Waals surface area contributed by atoms with E-state index in [0.29, 0.717) is 40.5 Å². The molecule has 0 aliphatic rings. The summed E-state index contributed by atoms with van der Waals surface area (Å²) in [5, 5.41) is 15.1. The first-order valence-electron chi connectivity index (χ1n) is 10.6. The van der Waals surface area contributed by atoms with Gasteiger partial charge >= 0.3 is 0 Å². The second-order valence-electron chi connectivity index (χ2n) is 7.71. The topological polar surface area (TPSA) is 71.3 Å². The number of hydrogen-bond acceptors (Lipinski definition) is 5. The summed E-state index contributed by atoms with van der Waals surface area (Å²) in [7, 11) is 6.10. The van der Waals surface area contributed by atoms with E-state index < -0.39 is 0 Å². The summed E-state index contributed by atoms with van der Waals surface area (Å²) in [6.07, 6.45) is 1.59. The van der Waals surface area contributed by atoms with Crippen molar-refractivity contribution in [3.05, 3.63) is 99.3 Å². The molecule has 34 heavy (non-hydrogen) atoms. The van der Waals surface area contributed by atoms with E-state index >= 15 is 0 Å². The molecule has 5 aromatic rings. The van der Waals surface area contributed by atoms with Crippen LogP contribution in [0.1, 0.15) is 21.5 Å². The van der Waals surface area contributed by atoms with Crippen LogP contribution < -0.4 is 16.1 Å². The molecule has 2 N–H and O–H groups in total. The highest BCUT2D eigenvalue weighted by molar-refractivity contribution is 7.08. The van der Waals surface area contributed by atoms with Gasteiger partial charge in [0.25, 0.3) is 5.91 Å². The van der Waals surface area contributed by atoms with E-state index in [4.69, 9.17) is 19.4 Å². The molecule has 0 bridgehead atoms. The molecule has 0 aliphatic carbocycles. The van der Waals surface area contributed by atoms with Gasteiger partial charge in [0.15, 0.2) is 5.65 Å². The van der Waals surface area contributed by atoms with E-state index in [9.17, 15) is 4.79 Å². The largest absolute Gasteiger partial charge is 0.366 e. The first-order chi connectivity index (χ1) is 16.6. The summed E-state index contributed by atoms with van der Waals surface area (Å²) in [6, 6.07) is 19.4. The number of carbonyl (C=O) groups excluding carboxylic acids is 1. The minimum atomic E-state index is -0.0680. The Labute approximate surface area is 207 Å². The average molecular weight is 484 g/mol. The summed E-state index contributed by atoms with van der Waals surface area (Å²) in [4.78, 5) is 16.8. The predicted octanol–water partition coefficient (Wildman–Crippen LogP) is 4.45. The molecular weight excluding hydrogens is 465 g/mol. The minimum Gasteiger partial charge on any atom is -0.366 e. The highest BCUT2D eigenvalue weighted by Crippen LogP contribution is 2.28. The van der Waals surface area contributed by atoms with Gasteiger partial charge in [-0.3, -0.25) is 4.79 Å². The first-order valence-corrected chi connectivity index (χ1v) is 11.9. The lowest BCUT2D eigenvalue weighted by molar-refractivity contribution is 0.0951. The van der Waals surface area contributed by atoms with E-state index in [2.05, 4.69) is 20.7 Å². The monoisotopic (exact) mass is 483 g/mol. The Balaban J connectivity index is 1.31. The molecule has 3 aromatic heterocycles. The maximum absolute atomic E-state index is 12.1. The van der Waals surface area contributed by atoms with Crippen molar-refractivity contribution in [2.45, 2.75) is 13.1 Å². The number of hydrogen-bond donors (Lipinski definition) is 2. The van der Waals surface area contributed by atoms with E-state index in [-0.39, 0.29) is 5.91 Å². The third-order valence-corrected chi connectivity index (χ3v) is 6.39. The molecule has 0 fully saturated rings. The van der Waals surface area contributed by atoms with Crippen molar-refractivity contribution in [2.75, 3.05) is 5.32 Å². The molecule has 3 heterocycles. The summed E-state index contributed by atoms with van der Waals surface area (Å²) in [5.41, 5.74) is 5.39. The van der Waals surface area contributed by atoms with E-state index in [1.165, 1.54) is 11.3 Å². The molecule has 6 nitrogen and oxygen atoms in total. The highest BCUT2D eigenvalue weighted by atomic mass is 35.5. The van der Waals surface area contributed by atoms with Gasteiger partial charge in [0.1, 0.15) is 13.7 Å². The van der Waals surface area contributed by atoms with Gasteiger partial charge in [0.05, 0.1) is 5.69 Å². The highest BCUT2D eigenvalue weighted by Gasteiger charge is 2.12. The lowest BCUT2D eigenvalue weighted by Crippen LogP contribution is -2.22. The zero-order valence-electron chi connectivity index (χ0n) is 18.0. The van der Waals surface area contributed by atoms with Crippen molar-refractivity contribution in [3.8, 4) is 11.3 Å². The number of amides is 1. The van der Waals surface area contributed by atoms with Gasteiger partial charge in [0, 0.05) is 46.9 Å². The van der Waals surface area contributed by atoms with Crippen LogP contribution in [0.3, 0.4) is 0 Å². The van der Waals surface area contributed by atoms with E-state index in [1.807, 2.05) is 71.4 Å². The second-order valence-corrected chi connectivity index (χ2v) is 8.89. The molecule has 0 atom stereocenters. The summed E-state index contributed by atoms with van der Waals surface area (Å²) < 4.78 is 1.68. The number of nitrogens with zero attached hydrogens (tertiary/aromatic N) is 3. The molecule has 5 rings (SSSR count). The van der Waals surface area contributed by atoms with Crippen LogP contribution in [0.2, 0.25) is 5.02 Å².